The lowest BCUT2D eigenvalue weighted by Gasteiger charge is -2.38. The molecule has 2 aliphatic heterocycles. The number of benzene rings is 2. The van der Waals surface area contributed by atoms with Gasteiger partial charge in [0.05, 0.1) is 53.6 Å². The number of aliphatic hydroxyl groups is 1. The number of rotatable bonds is 7. The van der Waals surface area contributed by atoms with E-state index in [2.05, 4.69) is 69.0 Å². The molecule has 6 heterocycles. The molecule has 312 valence electrons. The van der Waals surface area contributed by atoms with Crippen LogP contribution in [0.25, 0.3) is 54.9 Å². The fourth-order valence-corrected chi connectivity index (χ4v) is 15.6. The summed E-state index contributed by atoms with van der Waals surface area (Å²) in [6.07, 6.45) is 7.16. The lowest BCUT2D eigenvalue weighted by Crippen LogP contribution is -2.43. The first-order valence-electron chi connectivity index (χ1n) is 20.6. The highest BCUT2D eigenvalue weighted by Gasteiger charge is 2.42. The smallest absolute Gasteiger partial charge is 0.250 e. The minimum atomic E-state index is -3.87. The monoisotopic (exact) mass is 839 g/mol. The average Bonchev–Trinajstić information content (AvgIpc) is 3.67. The summed E-state index contributed by atoms with van der Waals surface area (Å²) in [5.74, 6) is 3.43. The summed E-state index contributed by atoms with van der Waals surface area (Å²) in [4.78, 5) is 16.3. The number of aromatic nitrogens is 6. The van der Waals surface area contributed by atoms with Crippen molar-refractivity contribution in [1.82, 2.24) is 29.3 Å². The van der Waals surface area contributed by atoms with Crippen LogP contribution in [0.5, 0.6) is 0 Å². The number of hydrogen-bond donors (Lipinski definition) is 1. The number of anilines is 1. The second kappa shape index (κ2) is 15.2. The van der Waals surface area contributed by atoms with E-state index in [0.717, 1.165) is 47.2 Å². The summed E-state index contributed by atoms with van der Waals surface area (Å²) in [6.45, 7) is 16.7. The third-order valence-electron chi connectivity index (χ3n) is 12.5. The van der Waals surface area contributed by atoms with Crippen LogP contribution in [-0.2, 0) is 26.4 Å². The van der Waals surface area contributed by atoms with Gasteiger partial charge in [-0.1, -0.05) is 53.5 Å². The first kappa shape index (κ1) is 41.3. The maximum atomic E-state index is 16.7. The molecule has 0 radical (unpaired) electrons. The van der Waals surface area contributed by atoms with Crippen molar-refractivity contribution in [2.75, 3.05) is 44.1 Å². The van der Waals surface area contributed by atoms with Gasteiger partial charge in [-0.2, -0.15) is 10.1 Å². The molecular formula is C44H54FN7O5SSi. The van der Waals surface area contributed by atoms with Crippen LogP contribution >= 0.6 is 0 Å². The van der Waals surface area contributed by atoms with E-state index < -0.39 is 29.3 Å². The van der Waals surface area contributed by atoms with E-state index in [1.807, 2.05) is 33.5 Å². The summed E-state index contributed by atoms with van der Waals surface area (Å²) in [5, 5.41) is 19.3. The number of halogens is 1. The molecular weight excluding hydrogens is 786 g/mol. The van der Waals surface area contributed by atoms with Gasteiger partial charge in [-0.3, -0.25) is 4.98 Å². The fourth-order valence-electron chi connectivity index (χ4n) is 9.85. The summed E-state index contributed by atoms with van der Waals surface area (Å²) < 4.78 is 58.8. The number of aryl methyl sites for hydroxylation is 1. The van der Waals surface area contributed by atoms with Crippen LogP contribution in [0.3, 0.4) is 0 Å². The maximum absolute atomic E-state index is 16.7. The van der Waals surface area contributed by atoms with Crippen molar-refractivity contribution in [2.45, 2.75) is 101 Å². The number of β-amino-alcohol motifs (C(OH)–C–C–N with tert-alkyl or cyclic N) is 1. The zero-order chi connectivity index (χ0) is 42.2. The Balaban J connectivity index is 1.51. The molecule has 2 atom stereocenters. The average molecular weight is 840 g/mol. The Bertz CT molecular complexity index is 2780. The van der Waals surface area contributed by atoms with Crippen molar-refractivity contribution in [3.05, 3.63) is 48.0 Å². The minimum absolute atomic E-state index is 0.119. The molecule has 8 rings (SSSR count). The van der Waals surface area contributed by atoms with Crippen molar-refractivity contribution in [2.24, 2.45) is 7.05 Å². The largest absolute Gasteiger partial charge is 0.386 e. The highest BCUT2D eigenvalue weighted by atomic mass is 32.2. The summed E-state index contributed by atoms with van der Waals surface area (Å²) in [7, 11) is -4.34. The van der Waals surface area contributed by atoms with E-state index in [4.69, 9.17) is 19.6 Å². The molecule has 2 saturated heterocycles. The minimum Gasteiger partial charge on any atom is -0.386 e. The molecule has 1 unspecified atom stereocenters. The second-order valence-corrected chi connectivity index (χ2v) is 25.1. The molecule has 1 N–H and O–H groups in total. The van der Waals surface area contributed by atoms with Crippen LogP contribution in [-0.4, -0.2) is 95.7 Å². The predicted octanol–water partition coefficient (Wildman–Crippen LogP) is 8.09. The van der Waals surface area contributed by atoms with Crippen LogP contribution in [0.4, 0.5) is 10.2 Å². The van der Waals surface area contributed by atoms with Gasteiger partial charge in [0.15, 0.2) is 6.23 Å². The van der Waals surface area contributed by atoms with Crippen LogP contribution in [0.2, 0.25) is 16.6 Å². The standard InChI is InChI=1S/C44H54FN7O5SSi/c1-26(2)59(27(3)4,28(5)6)21-16-30-33(45)14-13-29-22-34-32(23-47-52(34)35-12-10-11-19-57-35)37(36(29)30)39-40-31(15-17-46-39)38-41(50(40)8)48-43(58(9,54)55)49-42(38)51-18-20-56-25-44(7,53)24-51/h13-15,17,22-23,26-28,35,53H,10-12,18-20,24-25H2,1-9H3/t35?,44-/m0/s1. The summed E-state index contributed by atoms with van der Waals surface area (Å²) in [6, 6.07) is 7.23. The first-order valence-corrected chi connectivity index (χ1v) is 24.7. The Labute approximate surface area is 346 Å². The molecule has 4 aromatic heterocycles. The molecule has 12 nitrogen and oxygen atoms in total. The van der Waals surface area contributed by atoms with Crippen molar-refractivity contribution >= 4 is 67.3 Å². The van der Waals surface area contributed by atoms with E-state index in [0.29, 0.717) is 81.0 Å². The fraction of sp³-hybridized carbons (Fsp3) is 0.500. The summed E-state index contributed by atoms with van der Waals surface area (Å²) in [5.41, 5.74) is 6.93. The lowest BCUT2D eigenvalue weighted by molar-refractivity contribution is -0.0366. The molecule has 0 aliphatic carbocycles. The molecule has 15 heteroatoms. The molecule has 0 spiro atoms. The van der Waals surface area contributed by atoms with E-state index in [9.17, 15) is 13.5 Å². The third kappa shape index (κ3) is 7.00. The number of sulfone groups is 1. The van der Waals surface area contributed by atoms with Crippen molar-refractivity contribution in [3.8, 4) is 22.7 Å². The Kier molecular flexibility index (Phi) is 10.6. The van der Waals surface area contributed by atoms with Gasteiger partial charge < -0.3 is 24.0 Å². The number of pyridine rings is 1. The molecule has 2 fully saturated rings. The Hall–Kier alpha value is -4.46. The van der Waals surface area contributed by atoms with Gasteiger partial charge in [0.25, 0.3) is 5.16 Å². The van der Waals surface area contributed by atoms with Crippen LogP contribution in [0.1, 0.15) is 79.5 Å². The molecule has 2 aliphatic rings. The maximum Gasteiger partial charge on any atom is 0.250 e. The van der Waals surface area contributed by atoms with Gasteiger partial charge in [0.2, 0.25) is 9.84 Å². The zero-order valence-electron chi connectivity index (χ0n) is 35.4. The molecule has 0 bridgehead atoms. The van der Waals surface area contributed by atoms with E-state index in [-0.39, 0.29) is 24.5 Å². The van der Waals surface area contributed by atoms with Gasteiger partial charge in [0.1, 0.15) is 31.0 Å². The van der Waals surface area contributed by atoms with Gasteiger partial charge in [-0.05, 0) is 66.4 Å². The Morgan fingerprint density at radius 1 is 1.02 bits per heavy atom. The number of nitrogens with zero attached hydrogens (tertiary/aromatic N) is 7. The SMILES string of the molecule is CC(C)[Si](C#Cc1c(F)ccc2cc3c(cnn3C3CCCCO3)c(-c3nccc4c5c(N6CCOC[C@@](C)(O)C6)nc(S(C)(=O)=O)nc5n(C)c34)c12)(C(C)C)C(C)C. The van der Waals surface area contributed by atoms with E-state index in [1.54, 1.807) is 19.2 Å². The molecule has 0 saturated carbocycles. The molecule has 6 aromatic rings. The lowest BCUT2D eigenvalue weighted by atomic mass is 9.93. The zero-order valence-corrected chi connectivity index (χ0v) is 37.2. The topological polar surface area (TPSA) is 137 Å². The summed E-state index contributed by atoms with van der Waals surface area (Å²) >= 11 is 0. The molecule has 59 heavy (non-hydrogen) atoms. The third-order valence-corrected chi connectivity index (χ3v) is 19.7. The van der Waals surface area contributed by atoms with Crippen molar-refractivity contribution < 1.29 is 27.4 Å². The first-order chi connectivity index (χ1) is 27.9. The van der Waals surface area contributed by atoms with Crippen LogP contribution in [0.15, 0.2) is 41.8 Å². The van der Waals surface area contributed by atoms with E-state index >= 15 is 4.39 Å². The number of hydrogen-bond acceptors (Lipinski definition) is 10. The molecule has 2 aromatic carbocycles. The van der Waals surface area contributed by atoms with Gasteiger partial charge in [0, 0.05) is 54.4 Å². The van der Waals surface area contributed by atoms with Crippen molar-refractivity contribution in [1.29, 1.82) is 0 Å². The Morgan fingerprint density at radius 2 is 1.76 bits per heavy atom. The highest BCUT2D eigenvalue weighted by Crippen LogP contribution is 2.46. The quantitative estimate of drug-likeness (QED) is 0.0955. The Morgan fingerprint density at radius 3 is 2.44 bits per heavy atom. The van der Waals surface area contributed by atoms with Gasteiger partial charge >= 0.3 is 0 Å². The normalized spacial score (nSPS) is 19.8. The van der Waals surface area contributed by atoms with Gasteiger partial charge in [-0.25, -0.2) is 22.5 Å². The van der Waals surface area contributed by atoms with Gasteiger partial charge in [-0.15, -0.1) is 5.54 Å². The highest BCUT2D eigenvalue weighted by molar-refractivity contribution is 7.90. The molecule has 0 amide bonds. The van der Waals surface area contributed by atoms with E-state index in [1.165, 1.54) is 6.07 Å². The van der Waals surface area contributed by atoms with Crippen molar-refractivity contribution in [3.63, 3.8) is 0 Å². The number of ether oxygens (including phenoxy) is 2. The number of fused-ring (bicyclic) bond motifs is 5. The predicted molar refractivity (Wildman–Crippen MR) is 234 cm³/mol. The second-order valence-electron chi connectivity index (χ2n) is 17.6. The van der Waals surface area contributed by atoms with Crippen LogP contribution < -0.4 is 4.90 Å². The van der Waals surface area contributed by atoms with Crippen LogP contribution in [0, 0.1) is 17.3 Å².